The smallest absolute Gasteiger partial charge is 0.257 e. The van der Waals surface area contributed by atoms with Gasteiger partial charge in [0.15, 0.2) is 11.0 Å². The fraction of sp³-hybridized carbons (Fsp3) is 0.160. The lowest BCUT2D eigenvalue weighted by Gasteiger charge is -2.16. The van der Waals surface area contributed by atoms with Crippen LogP contribution in [0.5, 0.6) is 11.5 Å². The van der Waals surface area contributed by atoms with Gasteiger partial charge in [0, 0.05) is 29.2 Å². The predicted molar refractivity (Wildman–Crippen MR) is 121 cm³/mol. The van der Waals surface area contributed by atoms with Crippen LogP contribution in [0.25, 0.3) is 16.0 Å². The van der Waals surface area contributed by atoms with Crippen molar-refractivity contribution in [3.63, 3.8) is 0 Å². The molecule has 1 aliphatic heterocycles. The van der Waals surface area contributed by atoms with Gasteiger partial charge in [0.2, 0.25) is 0 Å². The number of phenolic OH excluding ortho intramolecular Hbond substituents is 1. The standard InChI is InChI=1S/C25H20FNO4S/c1-31-23-12-15(26)6-8-20(23)18-4-2-3-17-16(9-10-19(17)18)14-5-7-21(22(28)11-14)24-13-25(29)27-32(24)30/h2-8,11-13,16,28H,9-10H2,1H3,(H,27,29)/t16-,32?/m1/s1. The second-order valence-corrected chi connectivity index (χ2v) is 9.01. The van der Waals surface area contributed by atoms with Gasteiger partial charge in [-0.15, -0.1) is 0 Å². The summed E-state index contributed by atoms with van der Waals surface area (Å²) >= 11 is 0. The molecule has 3 aromatic carbocycles. The zero-order valence-electron chi connectivity index (χ0n) is 17.2. The summed E-state index contributed by atoms with van der Waals surface area (Å²) in [7, 11) is -0.131. The third-order valence-electron chi connectivity index (χ3n) is 6.07. The molecule has 5 rings (SSSR count). The summed E-state index contributed by atoms with van der Waals surface area (Å²) in [5.41, 5.74) is 5.52. The molecule has 0 saturated carbocycles. The largest absolute Gasteiger partial charge is 0.507 e. The molecular weight excluding hydrogens is 429 g/mol. The molecule has 0 fully saturated rings. The first-order chi connectivity index (χ1) is 15.5. The van der Waals surface area contributed by atoms with Gasteiger partial charge in [0.25, 0.3) is 5.91 Å². The van der Waals surface area contributed by atoms with Crippen LogP contribution in [0.3, 0.4) is 0 Å². The maximum absolute atomic E-state index is 13.7. The molecule has 2 atom stereocenters. The number of methoxy groups -OCH3 is 1. The zero-order valence-corrected chi connectivity index (χ0v) is 18.0. The summed E-state index contributed by atoms with van der Waals surface area (Å²) in [5, 5.41) is 10.6. The van der Waals surface area contributed by atoms with Gasteiger partial charge in [0.05, 0.1) is 12.0 Å². The van der Waals surface area contributed by atoms with Crippen LogP contribution >= 0.6 is 0 Å². The van der Waals surface area contributed by atoms with E-state index in [1.54, 1.807) is 18.2 Å². The number of hydrogen-bond acceptors (Lipinski definition) is 4. The molecule has 3 aromatic rings. The van der Waals surface area contributed by atoms with E-state index in [-0.39, 0.29) is 22.4 Å². The van der Waals surface area contributed by atoms with Crippen LogP contribution in [0.4, 0.5) is 4.39 Å². The van der Waals surface area contributed by atoms with Gasteiger partial charge in [-0.2, -0.15) is 0 Å². The molecule has 1 aliphatic carbocycles. The van der Waals surface area contributed by atoms with Crippen molar-refractivity contribution in [1.82, 2.24) is 4.72 Å². The Kier molecular flexibility index (Phi) is 5.06. The Morgan fingerprint density at radius 2 is 1.91 bits per heavy atom. The minimum Gasteiger partial charge on any atom is -0.507 e. The molecule has 7 heteroatoms. The van der Waals surface area contributed by atoms with E-state index in [0.717, 1.165) is 35.1 Å². The number of fused-ring (bicyclic) bond motifs is 1. The third kappa shape index (κ3) is 3.39. The summed E-state index contributed by atoms with van der Waals surface area (Å²) in [4.78, 5) is 11.8. The Bertz CT molecular complexity index is 1320. The monoisotopic (exact) mass is 449 g/mol. The highest BCUT2D eigenvalue weighted by atomic mass is 32.2. The van der Waals surface area contributed by atoms with E-state index in [9.17, 15) is 18.5 Å². The molecule has 0 radical (unpaired) electrons. The number of hydrogen-bond donors (Lipinski definition) is 2. The number of aromatic hydroxyl groups is 1. The van der Waals surface area contributed by atoms with E-state index in [4.69, 9.17) is 4.74 Å². The van der Waals surface area contributed by atoms with E-state index in [1.165, 1.54) is 30.9 Å². The highest BCUT2D eigenvalue weighted by Gasteiger charge is 2.29. The second-order valence-electron chi connectivity index (χ2n) is 7.83. The fourth-order valence-electron chi connectivity index (χ4n) is 4.64. The van der Waals surface area contributed by atoms with E-state index in [1.807, 2.05) is 18.2 Å². The average Bonchev–Trinajstić information content (AvgIpc) is 3.36. The Hall–Kier alpha value is -3.45. The topological polar surface area (TPSA) is 75.6 Å². The first-order valence-corrected chi connectivity index (χ1v) is 11.3. The molecule has 1 heterocycles. The fourth-order valence-corrected chi connectivity index (χ4v) is 5.58. The lowest BCUT2D eigenvalue weighted by Crippen LogP contribution is -2.16. The first kappa shape index (κ1) is 20.5. The number of nitrogens with one attached hydrogen (secondary N) is 1. The van der Waals surface area contributed by atoms with Crippen molar-refractivity contribution in [2.45, 2.75) is 18.8 Å². The summed E-state index contributed by atoms with van der Waals surface area (Å²) in [5.74, 6) is -0.218. The predicted octanol–water partition coefficient (Wildman–Crippen LogP) is 4.42. The van der Waals surface area contributed by atoms with Gasteiger partial charge in [-0.1, -0.05) is 24.3 Å². The van der Waals surface area contributed by atoms with Crippen LogP contribution in [0, 0.1) is 5.82 Å². The first-order valence-electron chi connectivity index (χ1n) is 10.2. The minimum atomic E-state index is -1.66. The zero-order chi connectivity index (χ0) is 22.4. The van der Waals surface area contributed by atoms with Gasteiger partial charge in [-0.05, 0) is 59.4 Å². The number of carbonyl (C=O) groups is 1. The molecule has 1 amide bonds. The van der Waals surface area contributed by atoms with Crippen molar-refractivity contribution in [3.8, 4) is 22.6 Å². The lowest BCUT2D eigenvalue weighted by molar-refractivity contribution is -0.114. The number of halogens is 1. The number of amides is 1. The highest BCUT2D eigenvalue weighted by molar-refractivity contribution is 7.94. The Morgan fingerprint density at radius 3 is 2.62 bits per heavy atom. The van der Waals surface area contributed by atoms with Gasteiger partial charge in [-0.25, -0.2) is 8.60 Å². The van der Waals surface area contributed by atoms with Crippen LogP contribution < -0.4 is 9.46 Å². The highest BCUT2D eigenvalue weighted by Crippen LogP contribution is 2.45. The maximum atomic E-state index is 13.7. The third-order valence-corrected chi connectivity index (χ3v) is 7.19. The number of carbonyl (C=O) groups excluding carboxylic acids is 1. The van der Waals surface area contributed by atoms with Gasteiger partial charge >= 0.3 is 0 Å². The van der Waals surface area contributed by atoms with E-state index < -0.39 is 16.9 Å². The van der Waals surface area contributed by atoms with Crippen LogP contribution in [0.2, 0.25) is 0 Å². The normalized spacial score (nSPS) is 19.4. The van der Waals surface area contributed by atoms with Crippen molar-refractivity contribution in [2.24, 2.45) is 0 Å². The molecule has 162 valence electrons. The van der Waals surface area contributed by atoms with E-state index in [0.29, 0.717) is 11.3 Å². The molecular formula is C25H20FNO4S. The number of rotatable bonds is 4. The average molecular weight is 450 g/mol. The van der Waals surface area contributed by atoms with Gasteiger partial charge in [-0.3, -0.25) is 9.52 Å². The van der Waals surface area contributed by atoms with Gasteiger partial charge in [0.1, 0.15) is 17.3 Å². The van der Waals surface area contributed by atoms with Crippen LogP contribution in [-0.2, 0) is 22.2 Å². The summed E-state index contributed by atoms with van der Waals surface area (Å²) in [6.07, 6.45) is 2.95. The summed E-state index contributed by atoms with van der Waals surface area (Å²) < 4.78 is 33.5. The van der Waals surface area contributed by atoms with E-state index in [2.05, 4.69) is 10.8 Å². The Morgan fingerprint density at radius 1 is 1.09 bits per heavy atom. The maximum Gasteiger partial charge on any atom is 0.257 e. The molecule has 32 heavy (non-hydrogen) atoms. The minimum absolute atomic E-state index is 0.0107. The van der Waals surface area contributed by atoms with Crippen molar-refractivity contribution in [3.05, 3.63) is 88.7 Å². The molecule has 0 aromatic heterocycles. The van der Waals surface area contributed by atoms with Crippen molar-refractivity contribution in [1.29, 1.82) is 0 Å². The molecule has 2 N–H and O–H groups in total. The molecule has 2 aliphatic rings. The van der Waals surface area contributed by atoms with Crippen molar-refractivity contribution < 1.29 is 23.2 Å². The molecule has 0 saturated heterocycles. The van der Waals surface area contributed by atoms with Crippen molar-refractivity contribution in [2.75, 3.05) is 7.11 Å². The van der Waals surface area contributed by atoms with Crippen molar-refractivity contribution >= 4 is 21.8 Å². The molecule has 0 bridgehead atoms. The summed E-state index contributed by atoms with van der Waals surface area (Å²) in [6.45, 7) is 0. The number of phenols is 1. The number of ether oxygens (including phenoxy) is 1. The van der Waals surface area contributed by atoms with E-state index >= 15 is 0 Å². The molecule has 1 unspecified atom stereocenters. The Labute approximate surface area is 187 Å². The van der Waals surface area contributed by atoms with Crippen LogP contribution in [-0.4, -0.2) is 22.3 Å². The van der Waals surface area contributed by atoms with Gasteiger partial charge < -0.3 is 9.84 Å². The SMILES string of the molecule is COc1cc(F)ccc1-c1cccc2c1CC[C@@H]2c1ccc(C2=CC(=O)NS2=O)c(O)c1. The van der Waals surface area contributed by atoms with Crippen LogP contribution in [0.15, 0.2) is 60.7 Å². The quantitative estimate of drug-likeness (QED) is 0.618. The number of benzene rings is 3. The lowest BCUT2D eigenvalue weighted by atomic mass is 9.90. The molecule has 0 spiro atoms. The van der Waals surface area contributed by atoms with Crippen LogP contribution in [0.1, 0.15) is 34.6 Å². The summed E-state index contributed by atoms with van der Waals surface area (Å²) in [6, 6.07) is 15.9. The second kappa shape index (κ2) is 7.91. The molecule has 5 nitrogen and oxygen atoms in total. The Balaban J connectivity index is 1.53.